The summed E-state index contributed by atoms with van der Waals surface area (Å²) >= 11 is 0. The van der Waals surface area contributed by atoms with Crippen molar-refractivity contribution in [3.05, 3.63) is 59.7 Å². The molecule has 0 aromatic heterocycles. The quantitative estimate of drug-likeness (QED) is 0.552. The molecule has 0 aliphatic carbocycles. The first kappa shape index (κ1) is 15.0. The van der Waals surface area contributed by atoms with Gasteiger partial charge in [-0.3, -0.25) is 0 Å². The Morgan fingerprint density at radius 1 is 1.05 bits per heavy atom. The summed E-state index contributed by atoms with van der Waals surface area (Å²) in [5.74, 6) is 4.16. The van der Waals surface area contributed by atoms with Gasteiger partial charge in [-0.2, -0.15) is 0 Å². The van der Waals surface area contributed by atoms with Crippen LogP contribution in [0, 0.1) is 12.3 Å². The molecule has 0 radical (unpaired) electrons. The fourth-order valence-electron chi connectivity index (χ4n) is 1.90. The van der Waals surface area contributed by atoms with Gasteiger partial charge in [-0.05, 0) is 30.2 Å². The van der Waals surface area contributed by atoms with E-state index in [0.29, 0.717) is 13.2 Å². The van der Waals surface area contributed by atoms with E-state index in [4.69, 9.17) is 15.9 Å². The van der Waals surface area contributed by atoms with Crippen LogP contribution in [0.2, 0.25) is 0 Å². The Bertz CT molecular complexity index is 597. The van der Waals surface area contributed by atoms with Gasteiger partial charge < -0.3 is 9.47 Å². The molecule has 0 spiro atoms. The van der Waals surface area contributed by atoms with Crippen LogP contribution in [-0.4, -0.2) is 6.61 Å². The molecule has 0 unspecified atom stereocenters. The highest BCUT2D eigenvalue weighted by Gasteiger charge is 2.04. The van der Waals surface area contributed by atoms with Crippen LogP contribution in [0.25, 0.3) is 0 Å². The van der Waals surface area contributed by atoms with Gasteiger partial charge in [-0.1, -0.05) is 49.6 Å². The molecular formula is C19H20O2. The van der Waals surface area contributed by atoms with Crippen LogP contribution in [0.4, 0.5) is 0 Å². The first-order chi connectivity index (χ1) is 10.3. The molecule has 2 rings (SSSR count). The fraction of sp³-hybridized carbons (Fsp3) is 0.263. The van der Waals surface area contributed by atoms with E-state index in [1.165, 1.54) is 0 Å². The molecule has 0 heterocycles. The van der Waals surface area contributed by atoms with E-state index >= 15 is 0 Å². The molecule has 2 aromatic carbocycles. The summed E-state index contributed by atoms with van der Waals surface area (Å²) in [6, 6.07) is 15.7. The average Bonchev–Trinajstić information content (AvgIpc) is 2.55. The van der Waals surface area contributed by atoms with E-state index in [0.717, 1.165) is 35.5 Å². The van der Waals surface area contributed by atoms with Gasteiger partial charge >= 0.3 is 0 Å². The van der Waals surface area contributed by atoms with Gasteiger partial charge in [0.1, 0.15) is 18.1 Å². The van der Waals surface area contributed by atoms with Crippen LogP contribution < -0.4 is 9.47 Å². The maximum Gasteiger partial charge on any atom is 0.135 e. The zero-order valence-electron chi connectivity index (χ0n) is 12.3. The first-order valence-corrected chi connectivity index (χ1v) is 7.23. The van der Waals surface area contributed by atoms with Gasteiger partial charge in [0.25, 0.3) is 0 Å². The van der Waals surface area contributed by atoms with Crippen molar-refractivity contribution < 1.29 is 9.47 Å². The van der Waals surface area contributed by atoms with E-state index in [1.54, 1.807) is 0 Å². The summed E-state index contributed by atoms with van der Waals surface area (Å²) in [4.78, 5) is 0. The molecule has 0 saturated carbocycles. The third-order valence-corrected chi connectivity index (χ3v) is 3.11. The molecule has 0 N–H and O–H groups in total. The van der Waals surface area contributed by atoms with E-state index in [1.807, 2.05) is 48.5 Å². The molecular weight excluding hydrogens is 260 g/mol. The molecule has 0 bridgehead atoms. The van der Waals surface area contributed by atoms with Crippen molar-refractivity contribution in [3.8, 4) is 23.8 Å². The molecule has 2 heteroatoms. The Hall–Kier alpha value is -2.40. The largest absolute Gasteiger partial charge is 0.492 e. The van der Waals surface area contributed by atoms with E-state index < -0.39 is 0 Å². The highest BCUT2D eigenvalue weighted by molar-refractivity contribution is 5.49. The predicted octanol–water partition coefficient (Wildman–Crippen LogP) is 4.43. The molecule has 0 atom stereocenters. The summed E-state index contributed by atoms with van der Waals surface area (Å²) in [6.07, 6.45) is 7.67. The number of hydrogen-bond acceptors (Lipinski definition) is 2. The van der Waals surface area contributed by atoms with Crippen molar-refractivity contribution in [2.24, 2.45) is 0 Å². The van der Waals surface area contributed by atoms with Crippen LogP contribution in [0.1, 0.15) is 30.9 Å². The molecule has 0 aliphatic heterocycles. The normalized spacial score (nSPS) is 9.90. The molecule has 0 aliphatic rings. The van der Waals surface area contributed by atoms with Gasteiger partial charge in [0, 0.05) is 0 Å². The van der Waals surface area contributed by atoms with Crippen molar-refractivity contribution in [2.75, 3.05) is 6.61 Å². The second-order valence-corrected chi connectivity index (χ2v) is 4.78. The minimum absolute atomic E-state index is 0.529. The van der Waals surface area contributed by atoms with Gasteiger partial charge in [-0.15, -0.1) is 6.42 Å². The summed E-state index contributed by atoms with van der Waals surface area (Å²) in [7, 11) is 0. The van der Waals surface area contributed by atoms with Crippen molar-refractivity contribution in [1.82, 2.24) is 0 Å². The third-order valence-electron chi connectivity index (χ3n) is 3.11. The Morgan fingerprint density at radius 2 is 1.86 bits per heavy atom. The van der Waals surface area contributed by atoms with Crippen LogP contribution in [0.15, 0.2) is 48.5 Å². The summed E-state index contributed by atoms with van der Waals surface area (Å²) < 4.78 is 11.5. The van der Waals surface area contributed by atoms with Crippen LogP contribution in [0.3, 0.4) is 0 Å². The number of unbranched alkanes of at least 4 members (excludes halogenated alkanes) is 1. The molecule has 0 fully saturated rings. The first-order valence-electron chi connectivity index (χ1n) is 7.23. The Balaban J connectivity index is 2.00. The van der Waals surface area contributed by atoms with Gasteiger partial charge in [0.05, 0.1) is 12.2 Å². The lowest BCUT2D eigenvalue weighted by Crippen LogP contribution is -2.00. The van der Waals surface area contributed by atoms with Crippen molar-refractivity contribution in [3.63, 3.8) is 0 Å². The summed E-state index contributed by atoms with van der Waals surface area (Å²) in [5, 5.41) is 0. The Morgan fingerprint density at radius 3 is 2.57 bits per heavy atom. The molecule has 0 amide bonds. The van der Waals surface area contributed by atoms with E-state index in [-0.39, 0.29) is 0 Å². The number of benzene rings is 2. The summed E-state index contributed by atoms with van der Waals surface area (Å²) in [6.45, 7) is 3.35. The minimum Gasteiger partial charge on any atom is -0.492 e. The van der Waals surface area contributed by atoms with Crippen LogP contribution >= 0.6 is 0 Å². The van der Waals surface area contributed by atoms with Crippen molar-refractivity contribution in [2.45, 2.75) is 26.4 Å². The number of terminal acetylenes is 1. The maximum absolute atomic E-state index is 5.76. The van der Waals surface area contributed by atoms with E-state index in [2.05, 4.69) is 12.8 Å². The van der Waals surface area contributed by atoms with E-state index in [9.17, 15) is 0 Å². The zero-order valence-corrected chi connectivity index (χ0v) is 12.3. The second kappa shape index (κ2) is 8.01. The number of rotatable bonds is 7. The van der Waals surface area contributed by atoms with Gasteiger partial charge in [0.15, 0.2) is 0 Å². The molecule has 2 nitrogen and oxygen atoms in total. The lowest BCUT2D eigenvalue weighted by molar-refractivity contribution is 0.298. The highest BCUT2D eigenvalue weighted by atomic mass is 16.5. The van der Waals surface area contributed by atoms with Crippen molar-refractivity contribution in [1.29, 1.82) is 0 Å². The smallest absolute Gasteiger partial charge is 0.135 e. The topological polar surface area (TPSA) is 18.5 Å². The number of ether oxygens (including phenoxy) is 2. The average molecular weight is 280 g/mol. The van der Waals surface area contributed by atoms with Crippen molar-refractivity contribution >= 4 is 0 Å². The highest BCUT2D eigenvalue weighted by Crippen LogP contribution is 2.24. The van der Waals surface area contributed by atoms with Gasteiger partial charge in [-0.25, -0.2) is 0 Å². The Kier molecular flexibility index (Phi) is 5.72. The molecule has 0 saturated heterocycles. The summed E-state index contributed by atoms with van der Waals surface area (Å²) in [5.41, 5.74) is 1.86. The minimum atomic E-state index is 0.529. The van der Waals surface area contributed by atoms with Crippen LogP contribution in [-0.2, 0) is 6.61 Å². The zero-order chi connectivity index (χ0) is 14.9. The fourth-order valence-corrected chi connectivity index (χ4v) is 1.90. The van der Waals surface area contributed by atoms with Gasteiger partial charge in [0.2, 0.25) is 0 Å². The molecule has 108 valence electrons. The lowest BCUT2D eigenvalue weighted by atomic mass is 10.2. The lowest BCUT2D eigenvalue weighted by Gasteiger charge is -2.11. The van der Waals surface area contributed by atoms with Crippen LogP contribution in [0.5, 0.6) is 11.5 Å². The molecule has 21 heavy (non-hydrogen) atoms. The Labute approximate surface area is 126 Å². The second-order valence-electron chi connectivity index (χ2n) is 4.78. The third kappa shape index (κ3) is 4.57. The SMILES string of the molecule is C#Cc1cc(OCc2ccccc2)ccc1OCCCC. The maximum atomic E-state index is 5.76. The standard InChI is InChI=1S/C19H20O2/c1-3-5-13-20-19-12-11-18(14-17(19)4-2)21-15-16-9-7-6-8-10-16/h2,6-12,14H,3,5,13,15H2,1H3. The number of hydrogen-bond donors (Lipinski definition) is 0. The predicted molar refractivity (Wildman–Crippen MR) is 85.6 cm³/mol. The molecule has 2 aromatic rings. The monoisotopic (exact) mass is 280 g/mol.